The molecule has 0 atom stereocenters. The standard InChI is InChI=1S/C19H27N3OS/c1-16-5-7-18(8-6-16)23-14-19-21-17(15-24-19)13-20-9-4-12-22-10-2-3-11-22/h5-8,15,20H,2-4,9-14H2,1H3. The van der Waals surface area contributed by atoms with Crippen LogP contribution in [-0.2, 0) is 13.2 Å². The lowest BCUT2D eigenvalue weighted by Crippen LogP contribution is -2.24. The number of aryl methyl sites for hydroxylation is 1. The molecule has 0 spiro atoms. The highest BCUT2D eigenvalue weighted by Gasteiger charge is 2.10. The van der Waals surface area contributed by atoms with E-state index in [9.17, 15) is 0 Å². The maximum atomic E-state index is 5.78. The molecule has 2 heterocycles. The van der Waals surface area contributed by atoms with E-state index in [-0.39, 0.29) is 0 Å². The summed E-state index contributed by atoms with van der Waals surface area (Å²) in [5, 5.41) is 6.65. The average Bonchev–Trinajstić information content (AvgIpc) is 3.26. The molecule has 0 saturated carbocycles. The third-order valence-corrected chi connectivity index (χ3v) is 5.19. The minimum atomic E-state index is 0.544. The van der Waals surface area contributed by atoms with Gasteiger partial charge in [0.1, 0.15) is 17.4 Å². The number of hydrogen-bond donors (Lipinski definition) is 1. The van der Waals surface area contributed by atoms with Gasteiger partial charge < -0.3 is 15.0 Å². The Hall–Kier alpha value is -1.43. The lowest BCUT2D eigenvalue weighted by atomic mass is 10.2. The molecule has 2 aromatic rings. The normalized spacial score (nSPS) is 15.0. The summed E-state index contributed by atoms with van der Waals surface area (Å²) in [6, 6.07) is 8.14. The number of hydrogen-bond acceptors (Lipinski definition) is 5. The van der Waals surface area contributed by atoms with E-state index in [4.69, 9.17) is 4.74 Å². The zero-order valence-electron chi connectivity index (χ0n) is 14.5. The summed E-state index contributed by atoms with van der Waals surface area (Å²) in [5.41, 5.74) is 2.36. The third kappa shape index (κ3) is 5.58. The van der Waals surface area contributed by atoms with E-state index < -0.39 is 0 Å². The van der Waals surface area contributed by atoms with Crippen LogP contribution < -0.4 is 10.1 Å². The van der Waals surface area contributed by atoms with Crippen molar-refractivity contribution in [1.29, 1.82) is 0 Å². The fourth-order valence-corrected chi connectivity index (χ4v) is 3.63. The first-order valence-corrected chi connectivity index (χ1v) is 9.73. The molecule has 1 aliphatic heterocycles. The number of ether oxygens (including phenoxy) is 1. The minimum Gasteiger partial charge on any atom is -0.486 e. The molecule has 5 heteroatoms. The maximum Gasteiger partial charge on any atom is 0.140 e. The van der Waals surface area contributed by atoms with E-state index in [1.54, 1.807) is 11.3 Å². The van der Waals surface area contributed by atoms with Crippen molar-refractivity contribution in [1.82, 2.24) is 15.2 Å². The smallest absolute Gasteiger partial charge is 0.140 e. The first-order chi connectivity index (χ1) is 11.8. The topological polar surface area (TPSA) is 37.4 Å². The highest BCUT2D eigenvalue weighted by Crippen LogP contribution is 2.16. The number of benzene rings is 1. The van der Waals surface area contributed by atoms with Gasteiger partial charge in [0.05, 0.1) is 5.69 Å². The summed E-state index contributed by atoms with van der Waals surface area (Å²) in [4.78, 5) is 7.20. The molecule has 0 amide bonds. The van der Waals surface area contributed by atoms with Gasteiger partial charge in [-0.05, 0) is 64.5 Å². The molecule has 1 fully saturated rings. The molecule has 1 aromatic heterocycles. The molecule has 130 valence electrons. The third-order valence-electron chi connectivity index (χ3n) is 4.32. The number of aromatic nitrogens is 1. The van der Waals surface area contributed by atoms with Crippen LogP contribution in [0.1, 0.15) is 35.5 Å². The summed E-state index contributed by atoms with van der Waals surface area (Å²) < 4.78 is 5.78. The van der Waals surface area contributed by atoms with Crippen LogP contribution >= 0.6 is 11.3 Å². The van der Waals surface area contributed by atoms with Crippen LogP contribution in [0.15, 0.2) is 29.6 Å². The van der Waals surface area contributed by atoms with Crippen molar-refractivity contribution < 1.29 is 4.74 Å². The molecule has 24 heavy (non-hydrogen) atoms. The van der Waals surface area contributed by atoms with E-state index in [0.29, 0.717) is 6.61 Å². The van der Waals surface area contributed by atoms with E-state index in [2.05, 4.69) is 39.6 Å². The van der Waals surface area contributed by atoms with Crippen LogP contribution in [-0.4, -0.2) is 36.1 Å². The molecule has 0 unspecified atom stereocenters. The summed E-state index contributed by atoms with van der Waals surface area (Å²) in [5.74, 6) is 0.900. The maximum absolute atomic E-state index is 5.78. The molecular formula is C19H27N3OS. The van der Waals surface area contributed by atoms with Crippen LogP contribution in [0, 0.1) is 6.92 Å². The van der Waals surface area contributed by atoms with Gasteiger partial charge in [-0.2, -0.15) is 0 Å². The van der Waals surface area contributed by atoms with E-state index in [0.717, 1.165) is 29.5 Å². The second-order valence-corrected chi connectivity index (χ2v) is 7.36. The Balaban J connectivity index is 1.32. The molecule has 0 bridgehead atoms. The molecular weight excluding hydrogens is 318 g/mol. The van der Waals surface area contributed by atoms with Gasteiger partial charge in [0.2, 0.25) is 0 Å². The van der Waals surface area contributed by atoms with Gasteiger partial charge in [0.25, 0.3) is 0 Å². The van der Waals surface area contributed by atoms with Crippen LogP contribution in [0.3, 0.4) is 0 Å². The van der Waals surface area contributed by atoms with Gasteiger partial charge in [-0.15, -0.1) is 11.3 Å². The zero-order valence-corrected chi connectivity index (χ0v) is 15.3. The Labute approximate surface area is 148 Å². The molecule has 1 N–H and O–H groups in total. The number of thiazole rings is 1. The molecule has 3 rings (SSSR count). The second-order valence-electron chi connectivity index (χ2n) is 6.41. The number of rotatable bonds is 9. The first kappa shape index (κ1) is 17.4. The number of likely N-dealkylation sites (tertiary alicyclic amines) is 1. The van der Waals surface area contributed by atoms with Gasteiger partial charge in [0.15, 0.2) is 0 Å². The Morgan fingerprint density at radius 2 is 2.00 bits per heavy atom. The highest BCUT2D eigenvalue weighted by atomic mass is 32.1. The quantitative estimate of drug-likeness (QED) is 0.705. The van der Waals surface area contributed by atoms with Crippen LogP contribution in [0.4, 0.5) is 0 Å². The summed E-state index contributed by atoms with van der Waals surface area (Å²) >= 11 is 1.67. The molecule has 1 saturated heterocycles. The van der Waals surface area contributed by atoms with Crippen molar-refractivity contribution in [2.24, 2.45) is 0 Å². The van der Waals surface area contributed by atoms with Crippen molar-refractivity contribution in [3.05, 3.63) is 45.9 Å². The largest absolute Gasteiger partial charge is 0.486 e. The summed E-state index contributed by atoms with van der Waals surface area (Å²) in [7, 11) is 0. The fourth-order valence-electron chi connectivity index (χ4n) is 2.93. The van der Waals surface area contributed by atoms with Crippen molar-refractivity contribution in [3.8, 4) is 5.75 Å². The average molecular weight is 346 g/mol. The summed E-state index contributed by atoms with van der Waals surface area (Å²) in [6.45, 7) is 8.33. The van der Waals surface area contributed by atoms with Gasteiger partial charge >= 0.3 is 0 Å². The van der Waals surface area contributed by atoms with E-state index in [1.165, 1.54) is 44.5 Å². The zero-order chi connectivity index (χ0) is 16.6. The van der Waals surface area contributed by atoms with Gasteiger partial charge in [-0.1, -0.05) is 17.7 Å². The second kappa shape index (κ2) is 9.16. The van der Waals surface area contributed by atoms with Crippen molar-refractivity contribution in [2.45, 2.75) is 39.3 Å². The van der Waals surface area contributed by atoms with Crippen molar-refractivity contribution in [2.75, 3.05) is 26.2 Å². The molecule has 1 aromatic carbocycles. The van der Waals surface area contributed by atoms with Gasteiger partial charge in [0, 0.05) is 11.9 Å². The Bertz CT molecular complexity index is 605. The molecule has 0 aliphatic carbocycles. The fraction of sp³-hybridized carbons (Fsp3) is 0.526. The Kier molecular flexibility index (Phi) is 6.64. The van der Waals surface area contributed by atoms with Crippen molar-refractivity contribution in [3.63, 3.8) is 0 Å². The van der Waals surface area contributed by atoms with Gasteiger partial charge in [-0.3, -0.25) is 0 Å². The highest BCUT2D eigenvalue weighted by molar-refractivity contribution is 7.09. The number of nitrogens with zero attached hydrogens (tertiary/aromatic N) is 2. The minimum absolute atomic E-state index is 0.544. The monoisotopic (exact) mass is 345 g/mol. The Morgan fingerprint density at radius 1 is 1.21 bits per heavy atom. The molecule has 4 nitrogen and oxygen atoms in total. The summed E-state index contributed by atoms with van der Waals surface area (Å²) in [6.07, 6.45) is 3.97. The lowest BCUT2D eigenvalue weighted by molar-refractivity contribution is 0.305. The van der Waals surface area contributed by atoms with Crippen LogP contribution in [0.25, 0.3) is 0 Å². The lowest BCUT2D eigenvalue weighted by Gasteiger charge is -2.13. The van der Waals surface area contributed by atoms with Crippen LogP contribution in [0.5, 0.6) is 5.75 Å². The van der Waals surface area contributed by atoms with Crippen molar-refractivity contribution >= 4 is 11.3 Å². The molecule has 0 radical (unpaired) electrons. The first-order valence-electron chi connectivity index (χ1n) is 8.85. The number of nitrogens with one attached hydrogen (secondary N) is 1. The predicted molar refractivity (Wildman–Crippen MR) is 99.6 cm³/mol. The van der Waals surface area contributed by atoms with E-state index >= 15 is 0 Å². The predicted octanol–water partition coefficient (Wildman–Crippen LogP) is 3.61. The van der Waals surface area contributed by atoms with E-state index in [1.807, 2.05) is 12.1 Å². The molecule has 1 aliphatic rings. The van der Waals surface area contributed by atoms with Gasteiger partial charge in [-0.25, -0.2) is 4.98 Å². The Morgan fingerprint density at radius 3 is 2.79 bits per heavy atom. The van der Waals surface area contributed by atoms with Crippen LogP contribution in [0.2, 0.25) is 0 Å². The SMILES string of the molecule is Cc1ccc(OCc2nc(CNCCCN3CCCC3)cs2)cc1.